The van der Waals surface area contributed by atoms with Crippen molar-refractivity contribution in [3.63, 3.8) is 0 Å². The normalized spacial score (nSPS) is 15.0. The Hall–Kier alpha value is -1.84. The number of benzene rings is 1. The summed E-state index contributed by atoms with van der Waals surface area (Å²) in [5, 5.41) is 5.37. The van der Waals surface area contributed by atoms with Crippen LogP contribution in [0.1, 0.15) is 43.2 Å². The minimum atomic E-state index is -0.589. The van der Waals surface area contributed by atoms with Crippen LogP contribution in [0.15, 0.2) is 18.2 Å². The smallest absolute Gasteiger partial charge is 0.313 e. The highest BCUT2D eigenvalue weighted by Gasteiger charge is 2.17. The Morgan fingerprint density at radius 2 is 1.86 bits per heavy atom. The quantitative estimate of drug-likeness (QED) is 0.837. The van der Waals surface area contributed by atoms with E-state index in [1.54, 1.807) is 0 Å². The SMILES string of the molecule is Cc1ccc(NC(=O)C(=O)NCCC2CCCC2)c(C)c1. The van der Waals surface area contributed by atoms with Crippen LogP contribution in [0.5, 0.6) is 0 Å². The number of anilines is 1. The Bertz CT molecular complexity index is 520. The van der Waals surface area contributed by atoms with Crippen LogP contribution in [0.2, 0.25) is 0 Å². The van der Waals surface area contributed by atoms with Crippen molar-refractivity contribution in [2.75, 3.05) is 11.9 Å². The predicted octanol–water partition coefficient (Wildman–Crippen LogP) is 2.94. The summed E-state index contributed by atoms with van der Waals surface area (Å²) in [6.45, 7) is 4.50. The van der Waals surface area contributed by atoms with Crippen molar-refractivity contribution in [1.82, 2.24) is 5.32 Å². The summed E-state index contributed by atoms with van der Waals surface area (Å²) >= 11 is 0. The van der Waals surface area contributed by atoms with Crippen molar-refractivity contribution in [1.29, 1.82) is 0 Å². The van der Waals surface area contributed by atoms with E-state index in [2.05, 4.69) is 10.6 Å². The number of carbonyl (C=O) groups is 2. The maximum atomic E-state index is 11.9. The molecule has 0 aromatic heterocycles. The van der Waals surface area contributed by atoms with E-state index in [4.69, 9.17) is 0 Å². The van der Waals surface area contributed by atoms with Gasteiger partial charge < -0.3 is 10.6 Å². The average molecular weight is 288 g/mol. The molecule has 1 aromatic carbocycles. The van der Waals surface area contributed by atoms with Gasteiger partial charge >= 0.3 is 11.8 Å². The Kier molecular flexibility index (Phi) is 5.37. The van der Waals surface area contributed by atoms with Gasteiger partial charge in [-0.05, 0) is 37.8 Å². The number of carbonyl (C=O) groups excluding carboxylic acids is 2. The highest BCUT2D eigenvalue weighted by Crippen LogP contribution is 2.26. The highest BCUT2D eigenvalue weighted by molar-refractivity contribution is 6.39. The van der Waals surface area contributed by atoms with E-state index >= 15 is 0 Å². The first-order valence-corrected chi connectivity index (χ1v) is 7.72. The lowest BCUT2D eigenvalue weighted by molar-refractivity contribution is -0.136. The molecule has 4 nitrogen and oxygen atoms in total. The van der Waals surface area contributed by atoms with Gasteiger partial charge in [0.25, 0.3) is 0 Å². The molecule has 2 N–H and O–H groups in total. The van der Waals surface area contributed by atoms with Crippen LogP contribution in [0, 0.1) is 19.8 Å². The number of nitrogens with one attached hydrogen (secondary N) is 2. The van der Waals surface area contributed by atoms with E-state index in [1.807, 2.05) is 32.0 Å². The summed E-state index contributed by atoms with van der Waals surface area (Å²) in [4.78, 5) is 23.6. The molecule has 0 radical (unpaired) electrons. The molecule has 0 aliphatic heterocycles. The third-order valence-electron chi connectivity index (χ3n) is 4.15. The first-order chi connectivity index (χ1) is 10.1. The fourth-order valence-corrected chi connectivity index (χ4v) is 2.90. The lowest BCUT2D eigenvalue weighted by Crippen LogP contribution is -2.36. The first kappa shape index (κ1) is 15.5. The number of aryl methyl sites for hydroxylation is 2. The average Bonchev–Trinajstić information content (AvgIpc) is 2.95. The monoisotopic (exact) mass is 288 g/mol. The third kappa shape index (κ3) is 4.59. The van der Waals surface area contributed by atoms with Gasteiger partial charge in [-0.25, -0.2) is 0 Å². The molecule has 1 aliphatic carbocycles. The molecular formula is C17H24N2O2. The van der Waals surface area contributed by atoms with E-state index in [-0.39, 0.29) is 0 Å². The standard InChI is InChI=1S/C17H24N2O2/c1-12-7-8-15(13(2)11-12)19-17(21)16(20)18-10-9-14-5-3-4-6-14/h7-8,11,14H,3-6,9-10H2,1-2H3,(H,18,20)(H,19,21). The molecule has 1 saturated carbocycles. The van der Waals surface area contributed by atoms with Gasteiger partial charge in [-0.3, -0.25) is 9.59 Å². The van der Waals surface area contributed by atoms with Gasteiger partial charge in [-0.1, -0.05) is 43.4 Å². The van der Waals surface area contributed by atoms with Gasteiger partial charge in [0.15, 0.2) is 0 Å². The summed E-state index contributed by atoms with van der Waals surface area (Å²) < 4.78 is 0. The van der Waals surface area contributed by atoms with Crippen molar-refractivity contribution >= 4 is 17.5 Å². The molecule has 1 fully saturated rings. The van der Waals surface area contributed by atoms with Gasteiger partial charge in [0.1, 0.15) is 0 Å². The van der Waals surface area contributed by atoms with Gasteiger partial charge in [0.2, 0.25) is 0 Å². The molecule has 0 unspecified atom stereocenters. The summed E-state index contributed by atoms with van der Waals surface area (Å²) in [6, 6.07) is 5.72. The topological polar surface area (TPSA) is 58.2 Å². The molecule has 0 saturated heterocycles. The number of hydrogen-bond acceptors (Lipinski definition) is 2. The summed E-state index contributed by atoms with van der Waals surface area (Å²) in [6.07, 6.45) is 6.08. The van der Waals surface area contributed by atoms with Crippen molar-refractivity contribution < 1.29 is 9.59 Å². The van der Waals surface area contributed by atoms with Crippen molar-refractivity contribution in [3.05, 3.63) is 29.3 Å². The Balaban J connectivity index is 1.77. The largest absolute Gasteiger partial charge is 0.348 e. The number of hydrogen-bond donors (Lipinski definition) is 2. The molecule has 114 valence electrons. The predicted molar refractivity (Wildman–Crippen MR) is 84.1 cm³/mol. The fourth-order valence-electron chi connectivity index (χ4n) is 2.90. The van der Waals surface area contributed by atoms with E-state index in [0.29, 0.717) is 18.2 Å². The van der Waals surface area contributed by atoms with E-state index in [1.165, 1.54) is 25.7 Å². The van der Waals surface area contributed by atoms with Crippen LogP contribution in [-0.2, 0) is 9.59 Å². The van der Waals surface area contributed by atoms with Gasteiger partial charge in [-0.15, -0.1) is 0 Å². The van der Waals surface area contributed by atoms with Crippen LogP contribution >= 0.6 is 0 Å². The van der Waals surface area contributed by atoms with Gasteiger partial charge in [0, 0.05) is 12.2 Å². The van der Waals surface area contributed by atoms with Crippen LogP contribution < -0.4 is 10.6 Å². The molecule has 1 aliphatic rings. The maximum Gasteiger partial charge on any atom is 0.313 e. The summed E-state index contributed by atoms with van der Waals surface area (Å²) in [5.41, 5.74) is 2.78. The second-order valence-corrected chi connectivity index (χ2v) is 5.97. The number of amides is 2. The lowest BCUT2D eigenvalue weighted by Gasteiger charge is -2.11. The minimum Gasteiger partial charge on any atom is -0.348 e. The second kappa shape index (κ2) is 7.25. The molecule has 0 atom stereocenters. The van der Waals surface area contributed by atoms with Crippen LogP contribution in [-0.4, -0.2) is 18.4 Å². The van der Waals surface area contributed by atoms with Crippen molar-refractivity contribution in [2.24, 2.45) is 5.92 Å². The molecule has 2 rings (SSSR count). The Labute approximate surface area is 126 Å². The molecule has 0 bridgehead atoms. The minimum absolute atomic E-state index is 0.548. The second-order valence-electron chi connectivity index (χ2n) is 5.97. The van der Waals surface area contributed by atoms with Crippen LogP contribution in [0.4, 0.5) is 5.69 Å². The van der Waals surface area contributed by atoms with Crippen LogP contribution in [0.3, 0.4) is 0 Å². The highest BCUT2D eigenvalue weighted by atomic mass is 16.2. The maximum absolute atomic E-state index is 11.9. The molecule has 21 heavy (non-hydrogen) atoms. The lowest BCUT2D eigenvalue weighted by atomic mass is 10.0. The van der Waals surface area contributed by atoms with Gasteiger partial charge in [-0.2, -0.15) is 0 Å². The van der Waals surface area contributed by atoms with Crippen molar-refractivity contribution in [3.8, 4) is 0 Å². The molecule has 4 heteroatoms. The zero-order valence-electron chi connectivity index (χ0n) is 12.9. The van der Waals surface area contributed by atoms with Crippen molar-refractivity contribution in [2.45, 2.75) is 46.0 Å². The Morgan fingerprint density at radius 3 is 2.52 bits per heavy atom. The molecular weight excluding hydrogens is 264 g/mol. The summed E-state index contributed by atoms with van der Waals surface area (Å²) in [5.74, 6) is -0.422. The molecule has 0 heterocycles. The van der Waals surface area contributed by atoms with Gasteiger partial charge in [0.05, 0.1) is 0 Å². The summed E-state index contributed by atoms with van der Waals surface area (Å²) in [7, 11) is 0. The molecule has 0 spiro atoms. The molecule has 1 aromatic rings. The zero-order valence-corrected chi connectivity index (χ0v) is 12.9. The number of rotatable bonds is 4. The van der Waals surface area contributed by atoms with E-state index in [9.17, 15) is 9.59 Å². The Morgan fingerprint density at radius 1 is 1.14 bits per heavy atom. The van der Waals surface area contributed by atoms with Crippen LogP contribution in [0.25, 0.3) is 0 Å². The zero-order chi connectivity index (χ0) is 15.2. The first-order valence-electron chi connectivity index (χ1n) is 7.72. The third-order valence-corrected chi connectivity index (χ3v) is 4.15. The van der Waals surface area contributed by atoms with E-state index < -0.39 is 11.8 Å². The van der Waals surface area contributed by atoms with E-state index in [0.717, 1.165) is 17.5 Å². The molecule has 2 amide bonds. The fraction of sp³-hybridized carbons (Fsp3) is 0.529.